The minimum Gasteiger partial charge on any atom is -0.495 e. The third-order valence-electron chi connectivity index (χ3n) is 3.24. The Hall–Kier alpha value is -2.83. The van der Waals surface area contributed by atoms with Gasteiger partial charge in [-0.3, -0.25) is 4.99 Å². The van der Waals surface area contributed by atoms with Crippen LogP contribution in [0.5, 0.6) is 11.5 Å². The quantitative estimate of drug-likeness (QED) is 0.888. The van der Waals surface area contributed by atoms with E-state index in [9.17, 15) is 0 Å². The van der Waals surface area contributed by atoms with Gasteiger partial charge in [-0.05, 0) is 23.3 Å². The first kappa shape index (κ1) is 13.2. The SMILES string of the molecule is COc1cc2c(cc1Nc1ncnc(N)c1OC)C=NC2. The molecule has 3 rings (SSSR count). The van der Waals surface area contributed by atoms with Crippen LogP contribution in [0.1, 0.15) is 11.1 Å². The first-order valence-electron chi connectivity index (χ1n) is 6.35. The molecule has 0 aliphatic carbocycles. The predicted octanol–water partition coefficient (Wildman–Crippen LogP) is 1.75. The van der Waals surface area contributed by atoms with Crippen LogP contribution in [0.3, 0.4) is 0 Å². The number of aliphatic imine (C=N–C) groups is 1. The Morgan fingerprint density at radius 3 is 2.81 bits per heavy atom. The third kappa shape index (κ3) is 2.33. The van der Waals surface area contributed by atoms with Crippen LogP contribution in [0.15, 0.2) is 23.5 Å². The summed E-state index contributed by atoms with van der Waals surface area (Å²) in [6.45, 7) is 0.676. The summed E-state index contributed by atoms with van der Waals surface area (Å²) in [6.07, 6.45) is 3.22. The Morgan fingerprint density at radius 2 is 2.05 bits per heavy atom. The number of ether oxygens (including phenoxy) is 2. The smallest absolute Gasteiger partial charge is 0.204 e. The summed E-state index contributed by atoms with van der Waals surface area (Å²) in [6, 6.07) is 3.92. The number of benzene rings is 1. The molecular weight excluding hydrogens is 270 g/mol. The zero-order valence-electron chi connectivity index (χ0n) is 11.8. The molecule has 0 saturated heterocycles. The molecule has 7 nitrogen and oxygen atoms in total. The highest BCUT2D eigenvalue weighted by Crippen LogP contribution is 2.35. The number of nitrogens with one attached hydrogen (secondary N) is 1. The van der Waals surface area contributed by atoms with Gasteiger partial charge in [0.05, 0.1) is 26.5 Å². The number of nitrogen functional groups attached to an aromatic ring is 1. The molecule has 7 heteroatoms. The van der Waals surface area contributed by atoms with Gasteiger partial charge in [0.25, 0.3) is 0 Å². The number of aromatic nitrogens is 2. The molecule has 1 aromatic heterocycles. The molecule has 1 aromatic carbocycles. The van der Waals surface area contributed by atoms with Crippen LogP contribution in [0.4, 0.5) is 17.3 Å². The van der Waals surface area contributed by atoms with Crippen molar-refractivity contribution in [2.75, 3.05) is 25.3 Å². The number of rotatable bonds is 4. The Bertz CT molecular complexity index is 715. The zero-order chi connectivity index (χ0) is 14.8. The second-order valence-electron chi connectivity index (χ2n) is 4.49. The predicted molar refractivity (Wildman–Crippen MR) is 80.6 cm³/mol. The second kappa shape index (κ2) is 5.28. The Morgan fingerprint density at radius 1 is 1.19 bits per heavy atom. The molecule has 0 radical (unpaired) electrons. The van der Waals surface area contributed by atoms with E-state index in [-0.39, 0.29) is 5.82 Å². The fraction of sp³-hybridized carbons (Fsp3) is 0.214. The maximum absolute atomic E-state index is 5.78. The molecule has 0 bridgehead atoms. The Labute approximate surface area is 121 Å². The molecule has 108 valence electrons. The molecule has 0 saturated carbocycles. The van der Waals surface area contributed by atoms with Crippen LogP contribution in [0.2, 0.25) is 0 Å². The maximum Gasteiger partial charge on any atom is 0.204 e. The lowest BCUT2D eigenvalue weighted by Crippen LogP contribution is -2.04. The second-order valence-corrected chi connectivity index (χ2v) is 4.49. The van der Waals surface area contributed by atoms with E-state index in [4.69, 9.17) is 15.2 Å². The number of hydrogen-bond donors (Lipinski definition) is 2. The van der Waals surface area contributed by atoms with E-state index in [0.717, 1.165) is 16.8 Å². The molecule has 2 heterocycles. The number of fused-ring (bicyclic) bond motifs is 1. The van der Waals surface area contributed by atoms with E-state index >= 15 is 0 Å². The molecular formula is C14H15N5O2. The summed E-state index contributed by atoms with van der Waals surface area (Å²) in [5.74, 6) is 1.86. The van der Waals surface area contributed by atoms with Crippen LogP contribution < -0.4 is 20.5 Å². The van der Waals surface area contributed by atoms with Crippen molar-refractivity contribution in [1.29, 1.82) is 0 Å². The molecule has 3 N–H and O–H groups in total. The molecule has 2 aromatic rings. The number of hydrogen-bond acceptors (Lipinski definition) is 7. The molecule has 21 heavy (non-hydrogen) atoms. The monoisotopic (exact) mass is 285 g/mol. The summed E-state index contributed by atoms with van der Waals surface area (Å²) in [7, 11) is 3.14. The maximum atomic E-state index is 5.78. The summed E-state index contributed by atoms with van der Waals surface area (Å²) in [5, 5.41) is 3.17. The van der Waals surface area contributed by atoms with Crippen molar-refractivity contribution < 1.29 is 9.47 Å². The fourth-order valence-corrected chi connectivity index (χ4v) is 2.21. The van der Waals surface area contributed by atoms with Gasteiger partial charge in [-0.25, -0.2) is 9.97 Å². The molecule has 1 aliphatic rings. The highest BCUT2D eigenvalue weighted by molar-refractivity contribution is 5.88. The van der Waals surface area contributed by atoms with E-state index in [0.29, 0.717) is 23.9 Å². The van der Waals surface area contributed by atoms with E-state index in [1.807, 2.05) is 18.3 Å². The standard InChI is InChI=1S/C14H15N5O2/c1-20-11-4-9-6-16-5-8(9)3-10(11)19-14-12(21-2)13(15)17-7-18-14/h3-5,7H,6H2,1-2H3,(H3,15,17,18,19). The van der Waals surface area contributed by atoms with Gasteiger partial charge in [-0.2, -0.15) is 0 Å². The lowest BCUT2D eigenvalue weighted by molar-refractivity contribution is 0.413. The molecule has 0 unspecified atom stereocenters. The van der Waals surface area contributed by atoms with Crippen LogP contribution >= 0.6 is 0 Å². The minimum atomic E-state index is 0.275. The van der Waals surface area contributed by atoms with Gasteiger partial charge in [0.1, 0.15) is 12.1 Å². The molecule has 0 spiro atoms. The normalized spacial score (nSPS) is 12.1. The highest BCUT2D eigenvalue weighted by Gasteiger charge is 2.15. The summed E-state index contributed by atoms with van der Waals surface area (Å²) in [4.78, 5) is 12.3. The average Bonchev–Trinajstić information content (AvgIpc) is 2.94. The number of methoxy groups -OCH3 is 2. The highest BCUT2D eigenvalue weighted by atomic mass is 16.5. The third-order valence-corrected chi connectivity index (χ3v) is 3.24. The lowest BCUT2D eigenvalue weighted by Gasteiger charge is -2.14. The van der Waals surface area contributed by atoms with E-state index in [2.05, 4.69) is 20.3 Å². The van der Waals surface area contributed by atoms with Crippen LogP contribution in [-0.4, -0.2) is 30.4 Å². The molecule has 1 aliphatic heterocycles. The molecule has 0 fully saturated rings. The molecule has 0 amide bonds. The average molecular weight is 285 g/mol. The fourth-order valence-electron chi connectivity index (χ4n) is 2.21. The minimum absolute atomic E-state index is 0.275. The van der Waals surface area contributed by atoms with Crippen molar-refractivity contribution in [1.82, 2.24) is 9.97 Å². The molecule has 0 atom stereocenters. The first-order valence-corrected chi connectivity index (χ1v) is 6.35. The van der Waals surface area contributed by atoms with Crippen LogP contribution in [0, 0.1) is 0 Å². The van der Waals surface area contributed by atoms with Gasteiger partial charge in [-0.1, -0.05) is 0 Å². The van der Waals surface area contributed by atoms with Gasteiger partial charge in [-0.15, -0.1) is 0 Å². The van der Waals surface area contributed by atoms with Gasteiger partial charge in [0.2, 0.25) is 5.75 Å². The van der Waals surface area contributed by atoms with Gasteiger partial charge in [0, 0.05) is 6.21 Å². The topological polar surface area (TPSA) is 94.7 Å². The van der Waals surface area contributed by atoms with Crippen molar-refractivity contribution in [3.05, 3.63) is 29.6 Å². The van der Waals surface area contributed by atoms with E-state index in [1.165, 1.54) is 13.4 Å². The summed E-state index contributed by atoms with van der Waals surface area (Å²) >= 11 is 0. The van der Waals surface area contributed by atoms with Crippen molar-refractivity contribution in [3.63, 3.8) is 0 Å². The van der Waals surface area contributed by atoms with Crippen LogP contribution in [0.25, 0.3) is 0 Å². The van der Waals surface area contributed by atoms with Crippen molar-refractivity contribution >= 4 is 23.5 Å². The number of nitrogens with two attached hydrogens (primary N) is 1. The lowest BCUT2D eigenvalue weighted by atomic mass is 10.1. The van der Waals surface area contributed by atoms with Crippen molar-refractivity contribution in [3.8, 4) is 11.5 Å². The van der Waals surface area contributed by atoms with Crippen molar-refractivity contribution in [2.45, 2.75) is 6.54 Å². The Balaban J connectivity index is 2.02. The largest absolute Gasteiger partial charge is 0.495 e. The van der Waals surface area contributed by atoms with Crippen molar-refractivity contribution in [2.24, 2.45) is 4.99 Å². The summed E-state index contributed by atoms with van der Waals surface area (Å²) in [5.41, 5.74) is 8.73. The first-order chi connectivity index (χ1) is 10.2. The van der Waals surface area contributed by atoms with Gasteiger partial charge in [0.15, 0.2) is 11.6 Å². The number of nitrogens with zero attached hydrogens (tertiary/aromatic N) is 3. The number of anilines is 3. The van der Waals surface area contributed by atoms with Gasteiger partial charge < -0.3 is 20.5 Å². The van der Waals surface area contributed by atoms with Gasteiger partial charge >= 0.3 is 0 Å². The van der Waals surface area contributed by atoms with E-state index < -0.39 is 0 Å². The summed E-state index contributed by atoms with van der Waals surface area (Å²) < 4.78 is 10.6. The Kier molecular flexibility index (Phi) is 3.31. The van der Waals surface area contributed by atoms with E-state index in [1.54, 1.807) is 7.11 Å². The zero-order valence-corrected chi connectivity index (χ0v) is 11.8. The van der Waals surface area contributed by atoms with Crippen LogP contribution in [-0.2, 0) is 6.54 Å².